The van der Waals surface area contributed by atoms with Crippen molar-refractivity contribution in [2.75, 3.05) is 0 Å². The first-order valence-corrected chi connectivity index (χ1v) is 6.46. The standard InChI is InChI=1S/C7H7O3S.Na/c1-6-2-4-7(5-3-6)11(8,9)10;/h2-5H,1H2,(H,8,9,10);. The predicted octanol–water partition coefficient (Wildman–Crippen LogP) is 0.602. The summed E-state index contributed by atoms with van der Waals surface area (Å²) < 4.78 is 30.8. The van der Waals surface area contributed by atoms with Crippen LogP contribution in [0.2, 0.25) is 0 Å². The average Bonchev–Trinajstić information content (AvgIpc) is 2.03. The Labute approximate surface area is 89.0 Å². The molecule has 0 spiro atoms. The average molecular weight is 194 g/mol. The Hall–Kier alpha value is 0.130. The van der Waals surface area contributed by atoms with E-state index in [-0.39, 0.29) is 4.90 Å². The molecule has 0 amide bonds. The molecule has 0 aliphatic heterocycles. The minimum absolute atomic E-state index is 0.0404. The fourth-order valence-electron chi connectivity index (χ4n) is 0.897. The number of rotatable bonds is 2. The Balaban J connectivity index is 3.09. The van der Waals surface area contributed by atoms with E-state index in [2.05, 4.69) is 0 Å². The molecule has 0 heterocycles. The van der Waals surface area contributed by atoms with Gasteiger partial charge >= 0.3 is 89.4 Å². The minimum atomic E-state index is -4.02. The number of hydrogen-bond acceptors (Lipinski definition) is 2. The van der Waals surface area contributed by atoms with Crippen LogP contribution in [0.4, 0.5) is 0 Å². The Morgan fingerprint density at radius 3 is 2.08 bits per heavy atom. The molecule has 1 rings (SSSR count). The molecule has 0 aliphatic carbocycles. The zero-order valence-corrected chi connectivity index (χ0v) is 9.50. The maximum absolute atomic E-state index is 10.6. The van der Waals surface area contributed by atoms with Crippen LogP contribution in [-0.4, -0.2) is 40.9 Å². The van der Waals surface area contributed by atoms with Gasteiger partial charge < -0.3 is 0 Å². The predicted molar refractivity (Wildman–Crippen MR) is 45.7 cm³/mol. The number of benzene rings is 1. The van der Waals surface area contributed by atoms with Gasteiger partial charge in [-0.15, -0.1) is 0 Å². The van der Waals surface area contributed by atoms with E-state index in [0.717, 1.165) is 37.2 Å². The Kier molecular flexibility index (Phi) is 3.31. The van der Waals surface area contributed by atoms with Gasteiger partial charge in [0.2, 0.25) is 0 Å². The second kappa shape index (κ2) is 3.89. The van der Waals surface area contributed by atoms with Crippen molar-refractivity contribution in [3.05, 3.63) is 29.8 Å². The van der Waals surface area contributed by atoms with Gasteiger partial charge in [-0.25, -0.2) is 0 Å². The van der Waals surface area contributed by atoms with Crippen LogP contribution in [0.3, 0.4) is 0 Å². The first-order valence-electron chi connectivity index (χ1n) is 3.60. The summed E-state index contributed by atoms with van der Waals surface area (Å²) in [6, 6.07) is 6.28. The van der Waals surface area contributed by atoms with Gasteiger partial charge in [0.15, 0.2) is 0 Å². The van der Waals surface area contributed by atoms with Crippen molar-refractivity contribution < 1.29 is 13.0 Å². The summed E-state index contributed by atoms with van der Waals surface area (Å²) >= 11 is 1.05. The van der Waals surface area contributed by atoms with Crippen molar-refractivity contribution in [1.29, 1.82) is 0 Å². The molecule has 0 aliphatic rings. The molecule has 1 N–H and O–H groups in total. The van der Waals surface area contributed by atoms with Gasteiger partial charge in [0.25, 0.3) is 0 Å². The molecule has 1 aromatic carbocycles. The molecule has 12 heavy (non-hydrogen) atoms. The fraction of sp³-hybridized carbons (Fsp3) is 0.143. The first kappa shape index (κ1) is 10.2. The van der Waals surface area contributed by atoms with Crippen LogP contribution in [0.1, 0.15) is 5.56 Å². The van der Waals surface area contributed by atoms with Crippen molar-refractivity contribution in [3.8, 4) is 0 Å². The van der Waals surface area contributed by atoms with E-state index in [0.29, 0.717) is 0 Å². The Morgan fingerprint density at radius 2 is 1.75 bits per heavy atom. The van der Waals surface area contributed by atoms with E-state index in [1.807, 2.05) is 0 Å². The summed E-state index contributed by atoms with van der Waals surface area (Å²) in [5.74, 6) is 0. The molecule has 0 saturated heterocycles. The van der Waals surface area contributed by atoms with Crippen molar-refractivity contribution in [2.24, 2.45) is 0 Å². The summed E-state index contributed by atoms with van der Waals surface area (Å²) in [5.41, 5.74) is 1.11. The Bertz CT molecular complexity index is 355. The van der Waals surface area contributed by atoms with Crippen molar-refractivity contribution in [1.82, 2.24) is 0 Å². The number of hydrogen-bond donors (Lipinski definition) is 1. The summed E-state index contributed by atoms with van der Waals surface area (Å²) in [5, 5.41) is 0. The summed E-state index contributed by atoms with van der Waals surface area (Å²) in [6.07, 6.45) is 0. The summed E-state index contributed by atoms with van der Waals surface area (Å²) in [7, 11) is -4.02. The van der Waals surface area contributed by atoms with Gasteiger partial charge in [-0.2, -0.15) is 0 Å². The van der Waals surface area contributed by atoms with E-state index in [4.69, 9.17) is 4.55 Å². The Morgan fingerprint density at radius 1 is 1.25 bits per heavy atom. The van der Waals surface area contributed by atoms with Crippen LogP contribution in [0.5, 0.6) is 0 Å². The molecular formula is C7H7NaO3S. The van der Waals surface area contributed by atoms with Gasteiger partial charge in [-0.3, -0.25) is 0 Å². The third-order valence-corrected chi connectivity index (χ3v) is 3.31. The van der Waals surface area contributed by atoms with Crippen LogP contribution in [0, 0.1) is 0 Å². The van der Waals surface area contributed by atoms with E-state index < -0.39 is 10.1 Å². The van der Waals surface area contributed by atoms with Crippen LogP contribution in [0.25, 0.3) is 0 Å². The van der Waals surface area contributed by atoms with E-state index in [1.165, 1.54) is 12.1 Å². The normalized spacial score (nSPS) is 11.6. The first-order chi connectivity index (χ1) is 5.54. The van der Waals surface area contributed by atoms with Gasteiger partial charge in [-0.05, 0) is 0 Å². The molecule has 5 heteroatoms. The second-order valence-corrected chi connectivity index (χ2v) is 4.60. The van der Waals surface area contributed by atoms with E-state index in [1.54, 1.807) is 12.1 Å². The van der Waals surface area contributed by atoms with Gasteiger partial charge in [0, 0.05) is 0 Å². The van der Waals surface area contributed by atoms with E-state index in [9.17, 15) is 8.42 Å². The van der Waals surface area contributed by atoms with Crippen molar-refractivity contribution in [3.63, 3.8) is 0 Å². The molecule has 0 fully saturated rings. The quantitative estimate of drug-likeness (QED) is 0.554. The maximum atomic E-state index is 10.6. The van der Waals surface area contributed by atoms with Crippen LogP contribution in [-0.2, 0) is 13.8 Å². The zero-order chi connectivity index (χ0) is 9.19. The summed E-state index contributed by atoms with van der Waals surface area (Å²) in [6.45, 7) is 0. The second-order valence-electron chi connectivity index (χ2n) is 2.47. The molecule has 60 valence electrons. The third-order valence-electron chi connectivity index (χ3n) is 1.63. The van der Waals surface area contributed by atoms with Gasteiger partial charge in [0.05, 0.1) is 0 Å². The van der Waals surface area contributed by atoms with Crippen molar-refractivity contribution in [2.45, 2.75) is 8.57 Å². The molecule has 0 saturated carbocycles. The summed E-state index contributed by atoms with van der Waals surface area (Å²) in [4.78, 5) is -0.0404. The van der Waals surface area contributed by atoms with Crippen LogP contribution >= 0.6 is 0 Å². The SMILES string of the molecule is O=S(=O)(O)c1ccc([CH2][Na])cc1. The molecule has 0 radical (unpaired) electrons. The molecule has 0 unspecified atom stereocenters. The zero-order valence-electron chi connectivity index (χ0n) is 6.69. The van der Waals surface area contributed by atoms with Crippen LogP contribution < -0.4 is 0 Å². The molecule has 0 atom stereocenters. The van der Waals surface area contributed by atoms with Crippen LogP contribution in [0.15, 0.2) is 29.2 Å². The topological polar surface area (TPSA) is 54.4 Å². The third kappa shape index (κ3) is 2.57. The van der Waals surface area contributed by atoms with Gasteiger partial charge in [0.1, 0.15) is 0 Å². The molecular weight excluding hydrogens is 187 g/mol. The van der Waals surface area contributed by atoms with Gasteiger partial charge in [-0.1, -0.05) is 0 Å². The molecule has 1 aromatic rings. The molecule has 0 bridgehead atoms. The van der Waals surface area contributed by atoms with Crippen molar-refractivity contribution >= 4 is 38.0 Å². The fourth-order valence-corrected chi connectivity index (χ4v) is 1.85. The molecule has 0 aromatic heterocycles. The van der Waals surface area contributed by atoms with E-state index >= 15 is 0 Å². The monoisotopic (exact) mass is 194 g/mol. The molecule has 3 nitrogen and oxygen atoms in total.